The molecule has 1 heterocycles. The molecule has 1 amide bonds. The third kappa shape index (κ3) is 8.79. The third-order valence-electron chi connectivity index (χ3n) is 6.05. The first-order chi connectivity index (χ1) is 15.3. The van der Waals surface area contributed by atoms with Crippen molar-refractivity contribution in [2.24, 2.45) is 5.92 Å². The fourth-order valence-electron chi connectivity index (χ4n) is 4.07. The zero-order valence-corrected chi connectivity index (χ0v) is 19.7. The van der Waals surface area contributed by atoms with Gasteiger partial charge in [-0.25, -0.2) is 4.79 Å². The van der Waals surface area contributed by atoms with E-state index in [0.29, 0.717) is 37.4 Å². The minimum atomic E-state index is -0.735. The topological polar surface area (TPSA) is 96.3 Å². The Morgan fingerprint density at radius 3 is 2.53 bits per heavy atom. The molecule has 1 aromatic rings. The molecule has 1 fully saturated rings. The molecule has 2 N–H and O–H groups in total. The highest BCUT2D eigenvalue weighted by Crippen LogP contribution is 2.23. The van der Waals surface area contributed by atoms with Gasteiger partial charge in [-0.1, -0.05) is 31.9 Å². The Balaban J connectivity index is 2.20. The molecule has 0 unspecified atom stereocenters. The number of carbonyl (C=O) groups excluding carboxylic acids is 2. The fraction of sp³-hybridized carbons (Fsp3) is 0.680. The SMILES string of the molecule is C[C@@H]1CCCCC(=O)N(C)[C@@H](Cc2ccc(OCCO)cc2)C(=O)O[C@H](C[C@H](C)O)CC1. The fourth-order valence-corrected chi connectivity index (χ4v) is 4.07. The molecule has 1 aliphatic rings. The molecule has 1 aliphatic heterocycles. The number of aliphatic hydroxyl groups excluding tert-OH is 2. The van der Waals surface area contributed by atoms with Crippen molar-refractivity contribution in [2.45, 2.75) is 83.5 Å². The van der Waals surface area contributed by atoms with Crippen molar-refractivity contribution in [1.29, 1.82) is 0 Å². The highest BCUT2D eigenvalue weighted by atomic mass is 16.5. The molecular weight excluding hydrogens is 410 g/mol. The van der Waals surface area contributed by atoms with Gasteiger partial charge < -0.3 is 24.6 Å². The Kier molecular flexibility index (Phi) is 11.0. The van der Waals surface area contributed by atoms with E-state index in [-0.39, 0.29) is 25.2 Å². The van der Waals surface area contributed by atoms with Crippen molar-refractivity contribution in [3.63, 3.8) is 0 Å². The smallest absolute Gasteiger partial charge is 0.329 e. The average Bonchev–Trinajstić information content (AvgIpc) is 2.77. The van der Waals surface area contributed by atoms with Crippen LogP contribution in [0.25, 0.3) is 0 Å². The van der Waals surface area contributed by atoms with Crippen LogP contribution in [0.15, 0.2) is 24.3 Å². The van der Waals surface area contributed by atoms with Crippen LogP contribution in [0.1, 0.15) is 64.4 Å². The number of aliphatic hydroxyl groups is 2. The van der Waals surface area contributed by atoms with Gasteiger partial charge in [0.05, 0.1) is 12.7 Å². The van der Waals surface area contributed by atoms with Gasteiger partial charge in [-0.15, -0.1) is 0 Å². The van der Waals surface area contributed by atoms with E-state index in [4.69, 9.17) is 14.6 Å². The van der Waals surface area contributed by atoms with Crippen molar-refractivity contribution in [1.82, 2.24) is 4.90 Å². The summed E-state index contributed by atoms with van der Waals surface area (Å²) in [6.45, 7) is 4.04. The van der Waals surface area contributed by atoms with Crippen molar-refractivity contribution in [2.75, 3.05) is 20.3 Å². The van der Waals surface area contributed by atoms with Gasteiger partial charge in [-0.05, 0) is 49.8 Å². The summed E-state index contributed by atoms with van der Waals surface area (Å²) in [5.74, 6) is 0.629. The van der Waals surface area contributed by atoms with Gasteiger partial charge in [0.2, 0.25) is 5.91 Å². The maximum Gasteiger partial charge on any atom is 0.329 e. The Hall–Kier alpha value is -2.12. The minimum absolute atomic E-state index is 0.0605. The number of benzene rings is 1. The first kappa shape index (κ1) is 26.1. The van der Waals surface area contributed by atoms with Gasteiger partial charge in [-0.2, -0.15) is 0 Å². The summed E-state index contributed by atoms with van der Waals surface area (Å²) >= 11 is 0. The van der Waals surface area contributed by atoms with E-state index >= 15 is 0 Å². The lowest BCUT2D eigenvalue weighted by molar-refractivity contribution is -0.160. The molecule has 0 aliphatic carbocycles. The van der Waals surface area contributed by atoms with Crippen LogP contribution in [0.2, 0.25) is 0 Å². The lowest BCUT2D eigenvalue weighted by Crippen LogP contribution is -2.45. The quantitative estimate of drug-likeness (QED) is 0.621. The number of amides is 1. The molecule has 0 bridgehead atoms. The number of hydrogen-bond acceptors (Lipinski definition) is 6. The summed E-state index contributed by atoms with van der Waals surface area (Å²) in [5.41, 5.74) is 0.882. The van der Waals surface area contributed by atoms with E-state index in [1.807, 2.05) is 12.1 Å². The second kappa shape index (κ2) is 13.4. The van der Waals surface area contributed by atoms with Crippen LogP contribution in [-0.4, -0.2) is 65.5 Å². The second-order valence-electron chi connectivity index (χ2n) is 9.01. The molecule has 0 aromatic heterocycles. The number of esters is 1. The highest BCUT2D eigenvalue weighted by molar-refractivity contribution is 5.84. The van der Waals surface area contributed by atoms with Crippen molar-refractivity contribution < 1.29 is 29.3 Å². The molecule has 7 nitrogen and oxygen atoms in total. The number of ether oxygens (including phenoxy) is 2. The minimum Gasteiger partial charge on any atom is -0.491 e. The molecule has 7 heteroatoms. The summed E-state index contributed by atoms with van der Waals surface area (Å²) in [4.78, 5) is 27.5. The van der Waals surface area contributed by atoms with E-state index in [1.54, 1.807) is 26.1 Å². The van der Waals surface area contributed by atoms with E-state index in [1.165, 1.54) is 4.90 Å². The van der Waals surface area contributed by atoms with Gasteiger partial charge in [0.15, 0.2) is 0 Å². The van der Waals surface area contributed by atoms with Gasteiger partial charge in [-0.3, -0.25) is 4.79 Å². The first-order valence-electron chi connectivity index (χ1n) is 11.8. The van der Waals surface area contributed by atoms with Crippen molar-refractivity contribution >= 4 is 11.9 Å². The van der Waals surface area contributed by atoms with Crippen LogP contribution in [-0.2, 0) is 20.7 Å². The van der Waals surface area contributed by atoms with Crippen LogP contribution >= 0.6 is 0 Å². The Morgan fingerprint density at radius 2 is 1.88 bits per heavy atom. The van der Waals surface area contributed by atoms with Crippen LogP contribution in [0, 0.1) is 5.92 Å². The molecule has 32 heavy (non-hydrogen) atoms. The monoisotopic (exact) mass is 449 g/mol. The van der Waals surface area contributed by atoms with Gasteiger partial charge in [0, 0.05) is 26.3 Å². The van der Waals surface area contributed by atoms with Crippen molar-refractivity contribution in [3.8, 4) is 5.75 Å². The summed E-state index contributed by atoms with van der Waals surface area (Å²) in [6.07, 6.45) is 4.67. The van der Waals surface area contributed by atoms with Gasteiger partial charge in [0.25, 0.3) is 0 Å². The lowest BCUT2D eigenvalue weighted by Gasteiger charge is -2.29. The Morgan fingerprint density at radius 1 is 1.16 bits per heavy atom. The predicted octanol–water partition coefficient (Wildman–Crippen LogP) is 3.10. The van der Waals surface area contributed by atoms with E-state index < -0.39 is 18.1 Å². The first-order valence-corrected chi connectivity index (χ1v) is 11.8. The molecule has 0 spiro atoms. The number of rotatable bonds is 7. The Labute approximate surface area is 191 Å². The number of hydrogen-bond donors (Lipinski definition) is 2. The molecule has 1 saturated heterocycles. The number of nitrogens with zero attached hydrogens (tertiary/aromatic N) is 1. The van der Waals surface area contributed by atoms with Crippen LogP contribution in [0.4, 0.5) is 0 Å². The second-order valence-corrected chi connectivity index (χ2v) is 9.01. The highest BCUT2D eigenvalue weighted by Gasteiger charge is 2.31. The van der Waals surface area contributed by atoms with Crippen LogP contribution < -0.4 is 4.74 Å². The number of carbonyl (C=O) groups is 2. The molecule has 180 valence electrons. The standard InChI is InChI=1S/C25H39NO6/c1-18-6-4-5-7-24(29)26(3)23(25(30)32-22(11-8-18)16-19(2)28)17-20-9-12-21(13-10-20)31-15-14-27/h9-10,12-13,18-19,22-23,27-28H,4-8,11,14-17H2,1-3H3/t18-,19+,22+,23+/m1/s1. The molecule has 0 radical (unpaired) electrons. The maximum atomic E-state index is 13.2. The van der Waals surface area contributed by atoms with Gasteiger partial charge in [0.1, 0.15) is 24.5 Å². The zero-order chi connectivity index (χ0) is 23.5. The molecule has 4 atom stereocenters. The maximum absolute atomic E-state index is 13.2. The molecular formula is C25H39NO6. The predicted molar refractivity (Wildman–Crippen MR) is 122 cm³/mol. The summed E-state index contributed by atoms with van der Waals surface area (Å²) in [5, 5.41) is 18.8. The normalized spacial score (nSPS) is 24.7. The summed E-state index contributed by atoms with van der Waals surface area (Å²) in [6, 6.07) is 6.55. The lowest BCUT2D eigenvalue weighted by atomic mass is 9.95. The van der Waals surface area contributed by atoms with E-state index in [9.17, 15) is 14.7 Å². The van der Waals surface area contributed by atoms with Crippen LogP contribution in [0.3, 0.4) is 0 Å². The largest absolute Gasteiger partial charge is 0.491 e. The van der Waals surface area contributed by atoms with E-state index in [2.05, 4.69) is 6.92 Å². The van der Waals surface area contributed by atoms with Crippen LogP contribution in [0.5, 0.6) is 5.75 Å². The average molecular weight is 450 g/mol. The number of cyclic esters (lactones) is 1. The molecule has 2 rings (SSSR count). The number of likely N-dealkylation sites (N-methyl/N-ethyl adjacent to an activating group) is 1. The third-order valence-corrected chi connectivity index (χ3v) is 6.05. The molecule has 0 saturated carbocycles. The van der Waals surface area contributed by atoms with Gasteiger partial charge >= 0.3 is 5.97 Å². The van der Waals surface area contributed by atoms with Crippen molar-refractivity contribution in [3.05, 3.63) is 29.8 Å². The Bertz CT molecular complexity index is 705. The summed E-state index contributed by atoms with van der Waals surface area (Å²) in [7, 11) is 1.67. The van der Waals surface area contributed by atoms with E-state index in [0.717, 1.165) is 31.2 Å². The molecule has 1 aromatic carbocycles. The summed E-state index contributed by atoms with van der Waals surface area (Å²) < 4.78 is 11.3. The zero-order valence-electron chi connectivity index (χ0n) is 19.7.